The third-order valence-electron chi connectivity index (χ3n) is 4.88. The van der Waals surface area contributed by atoms with Gasteiger partial charge in [0.05, 0.1) is 22.3 Å². The molecule has 1 aromatic heterocycles. The quantitative estimate of drug-likeness (QED) is 0.500. The second-order valence-corrected chi connectivity index (χ2v) is 9.64. The van der Waals surface area contributed by atoms with E-state index < -0.39 is 10.0 Å². The first-order valence-corrected chi connectivity index (χ1v) is 12.1. The van der Waals surface area contributed by atoms with E-state index >= 15 is 0 Å². The molecular weight excluding hydrogens is 432 g/mol. The lowest BCUT2D eigenvalue weighted by Crippen LogP contribution is -2.30. The average molecular weight is 465 g/mol. The molecule has 9 heteroatoms. The molecule has 1 aromatic carbocycles. The number of rotatable bonds is 11. The number of hydrogen-bond donors (Lipinski definition) is 1. The second kappa shape index (κ2) is 10.8. The lowest BCUT2D eigenvalue weighted by atomic mass is 10.1. The smallest absolute Gasteiger partial charge is 0.243 e. The van der Waals surface area contributed by atoms with Gasteiger partial charge in [-0.1, -0.05) is 13.8 Å². The summed E-state index contributed by atoms with van der Waals surface area (Å²) in [5.74, 6) is 1.03. The van der Waals surface area contributed by atoms with Crippen LogP contribution in [0.1, 0.15) is 62.9 Å². The van der Waals surface area contributed by atoms with Crippen molar-refractivity contribution in [2.45, 2.75) is 65.4 Å². The van der Waals surface area contributed by atoms with E-state index in [4.69, 9.17) is 9.15 Å². The van der Waals surface area contributed by atoms with E-state index in [1.807, 2.05) is 13.8 Å². The monoisotopic (exact) mass is 464 g/mol. The van der Waals surface area contributed by atoms with Gasteiger partial charge in [-0.3, -0.25) is 9.59 Å². The molecule has 0 bridgehead atoms. The number of nitrogens with one attached hydrogen (secondary N) is 1. The maximum absolute atomic E-state index is 12.9. The van der Waals surface area contributed by atoms with Crippen molar-refractivity contribution in [2.75, 3.05) is 18.4 Å². The Bertz CT molecular complexity index is 1070. The summed E-state index contributed by atoms with van der Waals surface area (Å²) in [7, 11) is -3.69. The van der Waals surface area contributed by atoms with E-state index in [0.717, 1.165) is 0 Å². The van der Waals surface area contributed by atoms with Crippen LogP contribution in [0.3, 0.4) is 0 Å². The average Bonchev–Trinajstić information content (AvgIpc) is 3.09. The van der Waals surface area contributed by atoms with Crippen molar-refractivity contribution in [2.24, 2.45) is 0 Å². The number of furan rings is 1. The summed E-state index contributed by atoms with van der Waals surface area (Å²) in [6.07, 6.45) is 0.239. The molecule has 0 saturated carbocycles. The van der Waals surface area contributed by atoms with Crippen molar-refractivity contribution >= 4 is 27.4 Å². The SMILES string of the molecule is CCN(CC)S(=O)(=O)c1ccc(OC(C)C)c(NC(=O)CCc2cc(C(C)=O)c(C)o2)c1. The zero-order valence-corrected chi connectivity index (χ0v) is 20.3. The van der Waals surface area contributed by atoms with E-state index in [0.29, 0.717) is 42.3 Å². The van der Waals surface area contributed by atoms with E-state index in [1.165, 1.54) is 23.4 Å². The highest BCUT2D eigenvalue weighted by atomic mass is 32.2. The molecule has 32 heavy (non-hydrogen) atoms. The molecule has 0 aliphatic rings. The van der Waals surface area contributed by atoms with Crippen LogP contribution < -0.4 is 10.1 Å². The molecule has 0 aliphatic carbocycles. The second-order valence-electron chi connectivity index (χ2n) is 7.70. The fourth-order valence-electron chi connectivity index (χ4n) is 3.30. The molecule has 0 saturated heterocycles. The number of carbonyl (C=O) groups excluding carboxylic acids is 2. The Morgan fingerprint density at radius 3 is 2.34 bits per heavy atom. The van der Waals surface area contributed by atoms with Crippen molar-refractivity contribution in [1.82, 2.24) is 4.31 Å². The van der Waals surface area contributed by atoms with Gasteiger partial charge >= 0.3 is 0 Å². The summed E-state index contributed by atoms with van der Waals surface area (Å²) in [5, 5.41) is 2.76. The van der Waals surface area contributed by atoms with Gasteiger partial charge in [-0.05, 0) is 52.0 Å². The number of amides is 1. The number of ketones is 1. The first-order valence-electron chi connectivity index (χ1n) is 10.7. The zero-order valence-electron chi connectivity index (χ0n) is 19.5. The number of carbonyl (C=O) groups is 2. The molecule has 2 rings (SSSR count). The minimum absolute atomic E-state index is 0.0837. The maximum atomic E-state index is 12.9. The standard InChI is InChI=1S/C23H32N2O6S/c1-7-25(8-2)32(28,29)19-10-11-22(30-15(3)4)21(14-19)24-23(27)12-9-18-13-20(16(5)26)17(6)31-18/h10-11,13-15H,7-9,12H2,1-6H3,(H,24,27). The molecule has 2 aromatic rings. The first kappa shape index (κ1) is 25.6. The summed E-state index contributed by atoms with van der Waals surface area (Å²) in [6, 6.07) is 6.11. The van der Waals surface area contributed by atoms with Gasteiger partial charge in [0.15, 0.2) is 5.78 Å². The van der Waals surface area contributed by atoms with Crippen LogP contribution in [0.4, 0.5) is 5.69 Å². The molecule has 0 fully saturated rings. The van der Waals surface area contributed by atoms with Gasteiger partial charge in [0.25, 0.3) is 0 Å². The highest BCUT2D eigenvalue weighted by Gasteiger charge is 2.23. The van der Waals surface area contributed by atoms with Crippen molar-refractivity contribution in [3.8, 4) is 5.75 Å². The minimum atomic E-state index is -3.69. The van der Waals surface area contributed by atoms with Gasteiger partial charge < -0.3 is 14.5 Å². The van der Waals surface area contributed by atoms with Gasteiger partial charge in [-0.15, -0.1) is 0 Å². The van der Waals surface area contributed by atoms with Crippen molar-refractivity contribution in [3.63, 3.8) is 0 Å². The number of hydrogen-bond acceptors (Lipinski definition) is 6. The number of aryl methyl sites for hydroxylation is 2. The Labute approximate surface area is 190 Å². The van der Waals surface area contributed by atoms with Crippen LogP contribution in [-0.4, -0.2) is 43.6 Å². The highest BCUT2D eigenvalue weighted by Crippen LogP contribution is 2.30. The van der Waals surface area contributed by atoms with Gasteiger partial charge in [0.2, 0.25) is 15.9 Å². The molecule has 8 nitrogen and oxygen atoms in total. The number of nitrogens with zero attached hydrogens (tertiary/aromatic N) is 1. The van der Waals surface area contributed by atoms with Crippen LogP contribution in [0.15, 0.2) is 33.6 Å². The van der Waals surface area contributed by atoms with Crippen LogP contribution in [-0.2, 0) is 21.2 Å². The first-order chi connectivity index (χ1) is 15.0. The minimum Gasteiger partial charge on any atom is -0.489 e. The molecule has 176 valence electrons. The summed E-state index contributed by atoms with van der Waals surface area (Å²) in [4.78, 5) is 24.3. The van der Waals surface area contributed by atoms with Gasteiger partial charge in [-0.2, -0.15) is 4.31 Å². The molecule has 0 radical (unpaired) electrons. The number of ether oxygens (including phenoxy) is 1. The third kappa shape index (κ3) is 6.20. The molecule has 0 aliphatic heterocycles. The van der Waals surface area contributed by atoms with Gasteiger partial charge in [-0.25, -0.2) is 8.42 Å². The lowest BCUT2D eigenvalue weighted by Gasteiger charge is -2.20. The Balaban J connectivity index is 2.24. The number of anilines is 1. The van der Waals surface area contributed by atoms with Crippen LogP contribution in [0.5, 0.6) is 5.75 Å². The topological polar surface area (TPSA) is 106 Å². The number of benzene rings is 1. The lowest BCUT2D eigenvalue weighted by molar-refractivity contribution is -0.116. The fraction of sp³-hybridized carbons (Fsp3) is 0.478. The molecule has 0 unspecified atom stereocenters. The van der Waals surface area contributed by atoms with Gasteiger partial charge in [0, 0.05) is 25.9 Å². The summed E-state index contributed by atoms with van der Waals surface area (Å²) in [6.45, 7) is 11.1. The predicted octanol–water partition coefficient (Wildman–Crippen LogP) is 4.18. The van der Waals surface area contributed by atoms with E-state index in [1.54, 1.807) is 32.9 Å². The fourth-order valence-corrected chi connectivity index (χ4v) is 4.79. The van der Waals surface area contributed by atoms with Crippen LogP contribution in [0.2, 0.25) is 0 Å². The number of Topliss-reactive ketones (excluding diaryl/α,β-unsaturated/α-hetero) is 1. The van der Waals surface area contributed by atoms with Crippen molar-refractivity contribution in [3.05, 3.63) is 41.3 Å². The zero-order chi connectivity index (χ0) is 24.1. The molecule has 0 atom stereocenters. The Morgan fingerprint density at radius 2 is 1.81 bits per heavy atom. The van der Waals surface area contributed by atoms with Crippen molar-refractivity contribution < 1.29 is 27.2 Å². The van der Waals surface area contributed by atoms with Crippen LogP contribution in [0, 0.1) is 6.92 Å². The predicted molar refractivity (Wildman–Crippen MR) is 123 cm³/mol. The summed E-state index contributed by atoms with van der Waals surface area (Å²) >= 11 is 0. The molecule has 1 N–H and O–H groups in total. The van der Waals surface area contributed by atoms with Crippen molar-refractivity contribution in [1.29, 1.82) is 0 Å². The van der Waals surface area contributed by atoms with Crippen LogP contribution in [0.25, 0.3) is 0 Å². The Kier molecular flexibility index (Phi) is 8.63. The summed E-state index contributed by atoms with van der Waals surface area (Å²) < 4.78 is 38.5. The molecule has 1 heterocycles. The van der Waals surface area contributed by atoms with E-state index in [-0.39, 0.29) is 34.8 Å². The van der Waals surface area contributed by atoms with Crippen LogP contribution >= 0.6 is 0 Å². The normalized spacial score (nSPS) is 11.8. The number of sulfonamides is 1. The molecule has 1 amide bonds. The van der Waals surface area contributed by atoms with E-state index in [2.05, 4.69) is 5.32 Å². The maximum Gasteiger partial charge on any atom is 0.243 e. The third-order valence-corrected chi connectivity index (χ3v) is 6.92. The molecular formula is C23H32N2O6S. The molecule has 0 spiro atoms. The summed E-state index contributed by atoms with van der Waals surface area (Å²) in [5.41, 5.74) is 0.791. The van der Waals surface area contributed by atoms with E-state index in [9.17, 15) is 18.0 Å². The Hall–Kier alpha value is -2.65. The highest BCUT2D eigenvalue weighted by molar-refractivity contribution is 7.89. The largest absolute Gasteiger partial charge is 0.489 e. The van der Waals surface area contributed by atoms with Gasteiger partial charge in [0.1, 0.15) is 17.3 Å². The Morgan fingerprint density at radius 1 is 1.16 bits per heavy atom.